The lowest BCUT2D eigenvalue weighted by atomic mass is 9.88. The molecule has 0 aromatic heterocycles. The number of hydrogen-bond donors (Lipinski definition) is 1. The van der Waals surface area contributed by atoms with Gasteiger partial charge in [0, 0.05) is 6.04 Å². The second kappa shape index (κ2) is 5.17. The van der Waals surface area contributed by atoms with E-state index in [-0.39, 0.29) is 24.4 Å². The second-order valence-electron chi connectivity index (χ2n) is 6.32. The van der Waals surface area contributed by atoms with E-state index < -0.39 is 5.54 Å². The molecule has 0 bridgehead atoms. The average Bonchev–Trinajstić information content (AvgIpc) is 3.23. The fraction of sp³-hybridized carbons (Fsp3) is 0.529. The topological polar surface area (TPSA) is 49.4 Å². The van der Waals surface area contributed by atoms with E-state index in [4.69, 9.17) is 0 Å². The Hall–Kier alpha value is -1.84. The molecule has 0 radical (unpaired) electrons. The second-order valence-corrected chi connectivity index (χ2v) is 6.32. The van der Waals surface area contributed by atoms with Crippen molar-refractivity contribution in [3.63, 3.8) is 0 Å². The van der Waals surface area contributed by atoms with Crippen molar-refractivity contribution < 1.29 is 9.59 Å². The molecule has 4 nitrogen and oxygen atoms in total. The van der Waals surface area contributed by atoms with Crippen molar-refractivity contribution in [2.75, 3.05) is 6.54 Å². The minimum atomic E-state index is -0.935. The normalized spacial score (nSPS) is 32.0. The van der Waals surface area contributed by atoms with Crippen molar-refractivity contribution in [2.45, 2.75) is 44.7 Å². The van der Waals surface area contributed by atoms with Crippen LogP contribution in [0, 0.1) is 5.92 Å². The maximum atomic E-state index is 12.9. The van der Waals surface area contributed by atoms with Gasteiger partial charge in [-0.15, -0.1) is 0 Å². The minimum absolute atomic E-state index is 0.0249. The third-order valence-electron chi connectivity index (χ3n) is 4.69. The van der Waals surface area contributed by atoms with E-state index in [1.54, 1.807) is 4.90 Å². The highest BCUT2D eigenvalue weighted by Crippen LogP contribution is 2.42. The van der Waals surface area contributed by atoms with Gasteiger partial charge in [0.15, 0.2) is 0 Å². The lowest BCUT2D eigenvalue weighted by molar-refractivity contribution is -0.150. The molecule has 1 N–H and O–H groups in total. The first-order valence-corrected chi connectivity index (χ1v) is 7.74. The molecular weight excluding hydrogens is 264 g/mol. The first kappa shape index (κ1) is 14.1. The number of benzene rings is 1. The smallest absolute Gasteiger partial charge is 0.253 e. The van der Waals surface area contributed by atoms with Crippen LogP contribution in [0.3, 0.4) is 0 Å². The average molecular weight is 286 g/mol. The van der Waals surface area contributed by atoms with E-state index in [9.17, 15) is 9.59 Å². The Kier molecular flexibility index (Phi) is 3.47. The third-order valence-corrected chi connectivity index (χ3v) is 4.69. The zero-order chi connectivity index (χ0) is 15.0. The highest BCUT2D eigenvalue weighted by Gasteiger charge is 2.51. The van der Waals surface area contributed by atoms with Crippen LogP contribution in [0.1, 0.15) is 38.7 Å². The van der Waals surface area contributed by atoms with E-state index in [1.165, 1.54) is 0 Å². The summed E-state index contributed by atoms with van der Waals surface area (Å²) in [6.45, 7) is 4.17. The summed E-state index contributed by atoms with van der Waals surface area (Å²) in [6, 6.07) is 9.77. The zero-order valence-electron chi connectivity index (χ0n) is 12.6. The summed E-state index contributed by atoms with van der Waals surface area (Å²) in [5, 5.41) is 2.89. The molecule has 1 aliphatic carbocycles. The molecule has 3 atom stereocenters. The van der Waals surface area contributed by atoms with E-state index in [2.05, 4.69) is 12.2 Å². The van der Waals surface area contributed by atoms with Crippen molar-refractivity contribution in [2.24, 2.45) is 5.92 Å². The van der Waals surface area contributed by atoms with Crippen LogP contribution in [0.25, 0.3) is 0 Å². The quantitative estimate of drug-likeness (QED) is 0.921. The summed E-state index contributed by atoms with van der Waals surface area (Å²) in [4.78, 5) is 26.8. The van der Waals surface area contributed by atoms with E-state index in [0.717, 1.165) is 24.8 Å². The maximum absolute atomic E-state index is 12.9. The molecule has 2 aliphatic rings. The van der Waals surface area contributed by atoms with Crippen LogP contribution in [-0.4, -0.2) is 29.3 Å². The zero-order valence-corrected chi connectivity index (χ0v) is 12.6. The summed E-state index contributed by atoms with van der Waals surface area (Å²) in [5.41, 5.74) is -0.0867. The number of carbonyl (C=O) groups excluding carboxylic acids is 2. The first-order chi connectivity index (χ1) is 10.1. The van der Waals surface area contributed by atoms with Crippen LogP contribution >= 0.6 is 0 Å². The van der Waals surface area contributed by atoms with Crippen LogP contribution in [0.2, 0.25) is 0 Å². The standard InChI is InChI=1S/C17H22N2O2/c1-3-7-12-10-14(12)19-11-15(20)18-17(2,16(19)21)13-8-5-4-6-9-13/h4-6,8-9,12,14H,3,7,10-11H2,1-2H3,(H,18,20). The summed E-state index contributed by atoms with van der Waals surface area (Å²) >= 11 is 0. The van der Waals surface area contributed by atoms with E-state index in [0.29, 0.717) is 5.92 Å². The van der Waals surface area contributed by atoms with Gasteiger partial charge in [0.05, 0.1) is 6.54 Å². The molecule has 3 rings (SSSR count). The predicted molar refractivity (Wildman–Crippen MR) is 80.5 cm³/mol. The molecule has 3 unspecified atom stereocenters. The van der Waals surface area contributed by atoms with E-state index in [1.807, 2.05) is 37.3 Å². The van der Waals surface area contributed by atoms with Gasteiger partial charge in [-0.05, 0) is 31.2 Å². The highest BCUT2D eigenvalue weighted by molar-refractivity contribution is 5.98. The summed E-state index contributed by atoms with van der Waals surface area (Å²) in [5.74, 6) is 0.532. The molecule has 112 valence electrons. The van der Waals surface area contributed by atoms with Crippen LogP contribution in [-0.2, 0) is 15.1 Å². The minimum Gasteiger partial charge on any atom is -0.337 e. The van der Waals surface area contributed by atoms with Gasteiger partial charge >= 0.3 is 0 Å². The van der Waals surface area contributed by atoms with Crippen LogP contribution in [0.4, 0.5) is 0 Å². The van der Waals surface area contributed by atoms with Crippen LogP contribution in [0.5, 0.6) is 0 Å². The molecule has 1 saturated carbocycles. The molecule has 1 saturated heterocycles. The Labute approximate surface area is 125 Å². The monoisotopic (exact) mass is 286 g/mol. The maximum Gasteiger partial charge on any atom is 0.253 e. The van der Waals surface area contributed by atoms with Gasteiger partial charge in [-0.3, -0.25) is 9.59 Å². The molecule has 2 fully saturated rings. The highest BCUT2D eigenvalue weighted by atomic mass is 16.2. The van der Waals surface area contributed by atoms with Gasteiger partial charge in [0.1, 0.15) is 5.54 Å². The van der Waals surface area contributed by atoms with Gasteiger partial charge in [0.2, 0.25) is 5.91 Å². The van der Waals surface area contributed by atoms with Crippen molar-refractivity contribution in [3.05, 3.63) is 35.9 Å². The Morgan fingerprint density at radius 2 is 2.00 bits per heavy atom. The van der Waals surface area contributed by atoms with Crippen molar-refractivity contribution in [3.8, 4) is 0 Å². The summed E-state index contributed by atoms with van der Waals surface area (Å²) in [7, 11) is 0. The number of nitrogens with one attached hydrogen (secondary N) is 1. The van der Waals surface area contributed by atoms with Gasteiger partial charge in [0.25, 0.3) is 5.91 Å². The van der Waals surface area contributed by atoms with Gasteiger partial charge in [-0.2, -0.15) is 0 Å². The van der Waals surface area contributed by atoms with Crippen LogP contribution < -0.4 is 5.32 Å². The fourth-order valence-electron chi connectivity index (χ4n) is 3.41. The molecule has 1 heterocycles. The van der Waals surface area contributed by atoms with Crippen LogP contribution in [0.15, 0.2) is 30.3 Å². The molecule has 1 aliphatic heterocycles. The summed E-state index contributed by atoms with van der Waals surface area (Å²) in [6.07, 6.45) is 3.31. The van der Waals surface area contributed by atoms with E-state index >= 15 is 0 Å². The Bertz CT molecular complexity index is 557. The number of amides is 2. The Balaban J connectivity index is 1.86. The SMILES string of the molecule is CCCC1CC1N1CC(=O)NC(C)(c2ccccc2)C1=O. The lowest BCUT2D eigenvalue weighted by Crippen LogP contribution is -2.63. The number of nitrogens with zero attached hydrogens (tertiary/aromatic N) is 1. The molecule has 4 heteroatoms. The largest absolute Gasteiger partial charge is 0.337 e. The summed E-state index contributed by atoms with van der Waals surface area (Å²) < 4.78 is 0. The molecule has 2 amide bonds. The Morgan fingerprint density at radius 1 is 1.29 bits per heavy atom. The predicted octanol–water partition coefficient (Wildman–Crippen LogP) is 2.05. The number of rotatable bonds is 4. The molecule has 21 heavy (non-hydrogen) atoms. The van der Waals surface area contributed by atoms with Crippen molar-refractivity contribution >= 4 is 11.8 Å². The number of hydrogen-bond acceptors (Lipinski definition) is 2. The van der Waals surface area contributed by atoms with Crippen molar-refractivity contribution in [1.29, 1.82) is 0 Å². The molecule has 0 spiro atoms. The number of piperazine rings is 1. The number of carbonyl (C=O) groups is 2. The molecule has 1 aromatic rings. The van der Waals surface area contributed by atoms with Crippen molar-refractivity contribution in [1.82, 2.24) is 10.2 Å². The Morgan fingerprint density at radius 3 is 2.67 bits per heavy atom. The lowest BCUT2D eigenvalue weighted by Gasteiger charge is -2.40. The first-order valence-electron chi connectivity index (χ1n) is 7.74. The van der Waals surface area contributed by atoms with Gasteiger partial charge in [-0.25, -0.2) is 0 Å². The van der Waals surface area contributed by atoms with Gasteiger partial charge < -0.3 is 10.2 Å². The molecule has 1 aromatic carbocycles. The van der Waals surface area contributed by atoms with Gasteiger partial charge in [-0.1, -0.05) is 43.7 Å². The fourth-order valence-corrected chi connectivity index (χ4v) is 3.41. The molecular formula is C17H22N2O2. The third kappa shape index (κ3) is 2.43.